The van der Waals surface area contributed by atoms with Crippen LogP contribution in [0.3, 0.4) is 0 Å². The number of para-hydroxylation sites is 2. The second kappa shape index (κ2) is 9.39. The standard InChI is InChI=1S/C22H23FN2O5/c1-14(2)19(24-20(26)15-8-3-4-9-16(15)23)21(27)29-13-7-12-25-17-10-5-6-11-18(17)30-22(25)28/h3-6,8-11,14,19H,7,12-13H2,1-2H3,(H,24,26)/t19-/m0/s1. The van der Waals surface area contributed by atoms with Gasteiger partial charge in [-0.25, -0.2) is 14.0 Å². The molecule has 0 unspecified atom stereocenters. The largest absolute Gasteiger partial charge is 0.464 e. The SMILES string of the molecule is CC(C)[C@H](NC(=O)c1ccccc1F)C(=O)OCCCn1c(=O)oc2ccccc21. The summed E-state index contributed by atoms with van der Waals surface area (Å²) >= 11 is 0. The molecule has 0 fully saturated rings. The first-order valence-electron chi connectivity index (χ1n) is 9.69. The lowest BCUT2D eigenvalue weighted by Gasteiger charge is -2.21. The number of carbonyl (C=O) groups excluding carboxylic acids is 2. The number of fused-ring (bicyclic) bond motifs is 1. The van der Waals surface area contributed by atoms with Crippen LogP contribution in [0.5, 0.6) is 0 Å². The van der Waals surface area contributed by atoms with Gasteiger partial charge < -0.3 is 14.5 Å². The Morgan fingerprint density at radius 3 is 2.57 bits per heavy atom. The van der Waals surface area contributed by atoms with Crippen LogP contribution in [-0.4, -0.2) is 29.1 Å². The molecule has 7 nitrogen and oxygen atoms in total. The van der Waals surface area contributed by atoms with Crippen LogP contribution in [0.1, 0.15) is 30.6 Å². The summed E-state index contributed by atoms with van der Waals surface area (Å²) in [6.07, 6.45) is 0.390. The zero-order valence-corrected chi connectivity index (χ0v) is 16.8. The monoisotopic (exact) mass is 414 g/mol. The Kier molecular flexibility index (Phi) is 6.66. The second-order valence-corrected chi connectivity index (χ2v) is 7.18. The Labute approximate surface area is 172 Å². The van der Waals surface area contributed by atoms with Gasteiger partial charge in [0.25, 0.3) is 5.91 Å². The minimum absolute atomic E-state index is 0.0591. The number of ether oxygens (including phenoxy) is 1. The highest BCUT2D eigenvalue weighted by Crippen LogP contribution is 2.13. The molecule has 2 aromatic carbocycles. The van der Waals surface area contributed by atoms with Gasteiger partial charge in [0.2, 0.25) is 0 Å². The fourth-order valence-electron chi connectivity index (χ4n) is 3.07. The summed E-state index contributed by atoms with van der Waals surface area (Å²) in [7, 11) is 0. The number of amides is 1. The number of hydrogen-bond donors (Lipinski definition) is 1. The van der Waals surface area contributed by atoms with Crippen molar-refractivity contribution in [3.63, 3.8) is 0 Å². The van der Waals surface area contributed by atoms with Gasteiger partial charge in [0.1, 0.15) is 11.9 Å². The van der Waals surface area contributed by atoms with Gasteiger partial charge in [-0.1, -0.05) is 38.1 Å². The fraction of sp³-hybridized carbons (Fsp3) is 0.318. The van der Waals surface area contributed by atoms with Crippen LogP contribution in [-0.2, 0) is 16.1 Å². The third-order valence-electron chi connectivity index (χ3n) is 4.67. The third kappa shape index (κ3) is 4.76. The molecule has 0 aliphatic rings. The van der Waals surface area contributed by atoms with Crippen LogP contribution < -0.4 is 11.1 Å². The molecule has 0 bridgehead atoms. The summed E-state index contributed by atoms with van der Waals surface area (Å²) in [5, 5.41) is 2.54. The van der Waals surface area contributed by atoms with E-state index in [0.717, 1.165) is 0 Å². The van der Waals surface area contributed by atoms with E-state index in [9.17, 15) is 18.8 Å². The van der Waals surface area contributed by atoms with E-state index in [4.69, 9.17) is 9.15 Å². The van der Waals surface area contributed by atoms with Crippen LogP contribution >= 0.6 is 0 Å². The van der Waals surface area contributed by atoms with Crippen LogP contribution in [0.2, 0.25) is 0 Å². The lowest BCUT2D eigenvalue weighted by atomic mass is 10.0. The van der Waals surface area contributed by atoms with Crippen molar-refractivity contribution in [2.75, 3.05) is 6.61 Å². The highest BCUT2D eigenvalue weighted by molar-refractivity contribution is 5.97. The van der Waals surface area contributed by atoms with E-state index in [-0.39, 0.29) is 18.1 Å². The van der Waals surface area contributed by atoms with Gasteiger partial charge in [0.15, 0.2) is 5.58 Å². The van der Waals surface area contributed by atoms with Crippen molar-refractivity contribution in [2.24, 2.45) is 5.92 Å². The molecule has 1 atom stereocenters. The maximum atomic E-state index is 13.8. The predicted octanol–water partition coefficient (Wildman–Crippen LogP) is 3.12. The molecule has 8 heteroatoms. The molecule has 0 saturated heterocycles. The van der Waals surface area contributed by atoms with Crippen molar-refractivity contribution in [3.8, 4) is 0 Å². The van der Waals surface area contributed by atoms with Gasteiger partial charge in [0, 0.05) is 6.54 Å². The van der Waals surface area contributed by atoms with Crippen molar-refractivity contribution in [1.82, 2.24) is 9.88 Å². The molecule has 0 aliphatic heterocycles. The molecule has 1 heterocycles. The Morgan fingerprint density at radius 1 is 1.13 bits per heavy atom. The molecule has 3 aromatic rings. The number of aromatic nitrogens is 1. The predicted molar refractivity (Wildman–Crippen MR) is 109 cm³/mol. The Morgan fingerprint density at radius 2 is 1.83 bits per heavy atom. The number of benzene rings is 2. The molecule has 0 saturated carbocycles. The number of nitrogens with one attached hydrogen (secondary N) is 1. The highest BCUT2D eigenvalue weighted by atomic mass is 19.1. The summed E-state index contributed by atoms with van der Waals surface area (Å²) in [6.45, 7) is 3.88. The summed E-state index contributed by atoms with van der Waals surface area (Å²) in [5.74, 6) is -2.68. The Hall–Kier alpha value is -3.42. The summed E-state index contributed by atoms with van der Waals surface area (Å²) in [6, 6.07) is 11.7. The summed E-state index contributed by atoms with van der Waals surface area (Å²) in [4.78, 5) is 36.7. The van der Waals surface area contributed by atoms with Crippen molar-refractivity contribution >= 4 is 23.0 Å². The normalized spacial score (nSPS) is 12.1. The van der Waals surface area contributed by atoms with E-state index in [1.807, 2.05) is 0 Å². The maximum absolute atomic E-state index is 13.8. The number of hydrogen-bond acceptors (Lipinski definition) is 5. The lowest BCUT2D eigenvalue weighted by Crippen LogP contribution is -2.45. The van der Waals surface area contributed by atoms with Gasteiger partial charge in [-0.05, 0) is 36.6 Å². The van der Waals surface area contributed by atoms with Gasteiger partial charge in [-0.2, -0.15) is 0 Å². The van der Waals surface area contributed by atoms with Crippen LogP contribution in [0.25, 0.3) is 11.1 Å². The van der Waals surface area contributed by atoms with Crippen LogP contribution in [0.4, 0.5) is 4.39 Å². The Bertz CT molecular complexity index is 1100. The first kappa shape index (κ1) is 21.3. The number of nitrogens with zero attached hydrogens (tertiary/aromatic N) is 1. The highest BCUT2D eigenvalue weighted by Gasteiger charge is 2.27. The second-order valence-electron chi connectivity index (χ2n) is 7.18. The van der Waals surface area contributed by atoms with Crippen molar-refractivity contribution in [3.05, 3.63) is 70.5 Å². The van der Waals surface area contributed by atoms with Crippen molar-refractivity contribution in [1.29, 1.82) is 0 Å². The van der Waals surface area contributed by atoms with E-state index in [2.05, 4.69) is 5.32 Å². The van der Waals surface area contributed by atoms with E-state index in [0.29, 0.717) is 24.1 Å². The molecular formula is C22H23FN2O5. The molecule has 0 radical (unpaired) electrons. The minimum atomic E-state index is -0.922. The average molecular weight is 414 g/mol. The zero-order chi connectivity index (χ0) is 21.7. The molecular weight excluding hydrogens is 391 g/mol. The number of carbonyl (C=O) groups is 2. The molecule has 0 spiro atoms. The molecule has 3 rings (SSSR count). The summed E-state index contributed by atoms with van der Waals surface area (Å²) in [5.41, 5.74) is 1.03. The van der Waals surface area contributed by atoms with Gasteiger partial charge in [0.05, 0.1) is 17.7 Å². The average Bonchev–Trinajstić information content (AvgIpc) is 3.04. The van der Waals surface area contributed by atoms with E-state index < -0.39 is 29.5 Å². The number of esters is 1. The zero-order valence-electron chi connectivity index (χ0n) is 16.8. The smallest absolute Gasteiger partial charge is 0.419 e. The number of halogens is 1. The molecule has 1 aromatic heterocycles. The van der Waals surface area contributed by atoms with Crippen molar-refractivity contribution < 1.29 is 23.1 Å². The number of oxazole rings is 1. The first-order valence-corrected chi connectivity index (χ1v) is 9.69. The van der Waals surface area contributed by atoms with Crippen LogP contribution in [0.15, 0.2) is 57.7 Å². The van der Waals surface area contributed by atoms with E-state index in [1.54, 1.807) is 44.2 Å². The molecule has 30 heavy (non-hydrogen) atoms. The fourth-order valence-corrected chi connectivity index (χ4v) is 3.07. The maximum Gasteiger partial charge on any atom is 0.419 e. The van der Waals surface area contributed by atoms with Crippen molar-refractivity contribution in [2.45, 2.75) is 32.9 Å². The van der Waals surface area contributed by atoms with E-state index in [1.165, 1.54) is 22.8 Å². The molecule has 1 amide bonds. The minimum Gasteiger partial charge on any atom is -0.464 e. The van der Waals surface area contributed by atoms with Gasteiger partial charge >= 0.3 is 11.7 Å². The summed E-state index contributed by atoms with van der Waals surface area (Å²) < 4.78 is 25.7. The lowest BCUT2D eigenvalue weighted by molar-refractivity contribution is -0.147. The van der Waals surface area contributed by atoms with Gasteiger partial charge in [-0.15, -0.1) is 0 Å². The number of aryl methyl sites for hydroxylation is 1. The quantitative estimate of drug-likeness (QED) is 0.452. The third-order valence-corrected chi connectivity index (χ3v) is 4.67. The first-order chi connectivity index (χ1) is 14.4. The molecule has 158 valence electrons. The molecule has 1 N–H and O–H groups in total. The van der Waals surface area contributed by atoms with E-state index >= 15 is 0 Å². The molecule has 0 aliphatic carbocycles. The van der Waals surface area contributed by atoms with Crippen LogP contribution in [0, 0.1) is 11.7 Å². The Balaban J connectivity index is 1.56. The topological polar surface area (TPSA) is 90.5 Å². The number of rotatable bonds is 8. The van der Waals surface area contributed by atoms with Gasteiger partial charge in [-0.3, -0.25) is 9.36 Å².